The molecule has 1 aliphatic heterocycles. The minimum absolute atomic E-state index is 0.239. The van der Waals surface area contributed by atoms with Crippen molar-refractivity contribution in [2.75, 3.05) is 18.4 Å². The molecule has 0 spiro atoms. The molecule has 6 nitrogen and oxygen atoms in total. The minimum Gasteiger partial charge on any atom is -0.325 e. The molecule has 8 heteroatoms. The molecule has 0 saturated carbocycles. The second kappa shape index (κ2) is 10.1. The molecule has 1 fully saturated rings. The van der Waals surface area contributed by atoms with Crippen LogP contribution in [0.2, 0.25) is 5.02 Å². The van der Waals surface area contributed by atoms with E-state index < -0.39 is 10.0 Å². The van der Waals surface area contributed by atoms with Gasteiger partial charge >= 0.3 is 0 Å². The van der Waals surface area contributed by atoms with Gasteiger partial charge in [0, 0.05) is 35.2 Å². The first-order valence-electron chi connectivity index (χ1n) is 11.0. The fourth-order valence-corrected chi connectivity index (χ4v) is 5.65. The van der Waals surface area contributed by atoms with Crippen LogP contribution in [0.3, 0.4) is 0 Å². The number of aryl methyl sites for hydroxylation is 1. The summed E-state index contributed by atoms with van der Waals surface area (Å²) in [5.41, 5.74) is 2.18. The van der Waals surface area contributed by atoms with Gasteiger partial charge in [-0.3, -0.25) is 9.59 Å². The maximum absolute atomic E-state index is 13.0. The van der Waals surface area contributed by atoms with Crippen molar-refractivity contribution < 1.29 is 18.0 Å². The summed E-state index contributed by atoms with van der Waals surface area (Å²) in [6, 6.07) is 20.3. The SMILES string of the molecule is Cc1ccc(S(=O)(=O)N2CCC(C(=O)Nc3ccc(Cl)cc3C(=O)c3ccccc3)CC2)cc1. The summed E-state index contributed by atoms with van der Waals surface area (Å²) in [7, 11) is -3.60. The van der Waals surface area contributed by atoms with Crippen molar-refractivity contribution in [2.45, 2.75) is 24.7 Å². The summed E-state index contributed by atoms with van der Waals surface area (Å²) in [5, 5.41) is 3.26. The van der Waals surface area contributed by atoms with Crippen LogP contribution in [0.4, 0.5) is 5.69 Å². The Morgan fingerprint density at radius 1 is 0.941 bits per heavy atom. The van der Waals surface area contributed by atoms with E-state index in [-0.39, 0.29) is 35.6 Å². The number of nitrogens with one attached hydrogen (secondary N) is 1. The van der Waals surface area contributed by atoms with Crippen LogP contribution in [0, 0.1) is 12.8 Å². The van der Waals surface area contributed by atoms with E-state index in [4.69, 9.17) is 11.6 Å². The third kappa shape index (κ3) is 5.22. The molecular weight excluding hydrogens is 472 g/mol. The zero-order valence-electron chi connectivity index (χ0n) is 18.7. The number of amides is 1. The third-order valence-electron chi connectivity index (χ3n) is 6.00. The summed E-state index contributed by atoms with van der Waals surface area (Å²) < 4.78 is 27.3. The molecule has 0 atom stereocenters. The number of carbonyl (C=O) groups is 2. The molecule has 0 aliphatic carbocycles. The fourth-order valence-electron chi connectivity index (χ4n) is 4.01. The lowest BCUT2D eigenvalue weighted by molar-refractivity contribution is -0.120. The maximum atomic E-state index is 13.0. The largest absolute Gasteiger partial charge is 0.325 e. The number of carbonyl (C=O) groups excluding carboxylic acids is 2. The molecular formula is C26H25ClN2O4S. The van der Waals surface area contributed by atoms with Gasteiger partial charge in [0.1, 0.15) is 0 Å². The van der Waals surface area contributed by atoms with E-state index in [0.29, 0.717) is 34.7 Å². The summed E-state index contributed by atoms with van der Waals surface area (Å²) in [6.45, 7) is 2.41. The molecule has 3 aromatic carbocycles. The van der Waals surface area contributed by atoms with Crippen LogP contribution in [0.5, 0.6) is 0 Å². The Bertz CT molecular complexity index is 1300. The minimum atomic E-state index is -3.60. The van der Waals surface area contributed by atoms with E-state index in [1.807, 2.05) is 13.0 Å². The van der Waals surface area contributed by atoms with Gasteiger partial charge in [0.2, 0.25) is 15.9 Å². The Kier molecular flexibility index (Phi) is 7.16. The molecule has 0 bridgehead atoms. The molecule has 1 aliphatic rings. The zero-order chi connectivity index (χ0) is 24.3. The van der Waals surface area contributed by atoms with Crippen LogP contribution < -0.4 is 5.32 Å². The van der Waals surface area contributed by atoms with Gasteiger partial charge in [0.15, 0.2) is 5.78 Å². The van der Waals surface area contributed by atoms with Gasteiger partial charge in [-0.05, 0) is 50.1 Å². The maximum Gasteiger partial charge on any atom is 0.243 e. The van der Waals surface area contributed by atoms with Gasteiger partial charge in [0.25, 0.3) is 0 Å². The van der Waals surface area contributed by atoms with Crippen molar-refractivity contribution in [1.29, 1.82) is 0 Å². The van der Waals surface area contributed by atoms with Gasteiger partial charge in [0.05, 0.1) is 10.6 Å². The number of hydrogen-bond acceptors (Lipinski definition) is 4. The molecule has 0 radical (unpaired) electrons. The average molecular weight is 497 g/mol. The molecule has 3 aromatic rings. The lowest BCUT2D eigenvalue weighted by Gasteiger charge is -2.30. The number of hydrogen-bond donors (Lipinski definition) is 1. The van der Waals surface area contributed by atoms with Crippen molar-refractivity contribution in [2.24, 2.45) is 5.92 Å². The van der Waals surface area contributed by atoms with Crippen molar-refractivity contribution >= 4 is 39.0 Å². The van der Waals surface area contributed by atoms with Crippen LogP contribution >= 0.6 is 11.6 Å². The van der Waals surface area contributed by atoms with Crippen molar-refractivity contribution in [3.8, 4) is 0 Å². The van der Waals surface area contributed by atoms with E-state index in [1.165, 1.54) is 4.31 Å². The molecule has 0 unspecified atom stereocenters. The van der Waals surface area contributed by atoms with E-state index in [2.05, 4.69) is 5.32 Å². The molecule has 0 aromatic heterocycles. The van der Waals surface area contributed by atoms with Crippen LogP contribution in [-0.2, 0) is 14.8 Å². The van der Waals surface area contributed by atoms with Gasteiger partial charge in [-0.1, -0.05) is 59.6 Å². The van der Waals surface area contributed by atoms with Crippen molar-refractivity contribution in [3.63, 3.8) is 0 Å². The van der Waals surface area contributed by atoms with Crippen molar-refractivity contribution in [1.82, 2.24) is 4.31 Å². The fraction of sp³-hybridized carbons (Fsp3) is 0.231. The summed E-state index contributed by atoms with van der Waals surface area (Å²) in [5.74, 6) is -0.839. The Labute approximate surface area is 204 Å². The van der Waals surface area contributed by atoms with Gasteiger partial charge in [-0.25, -0.2) is 8.42 Å². The third-order valence-corrected chi connectivity index (χ3v) is 8.15. The smallest absolute Gasteiger partial charge is 0.243 e. The first-order valence-corrected chi connectivity index (χ1v) is 12.8. The predicted octanol–water partition coefficient (Wildman–Crippen LogP) is 4.92. The topological polar surface area (TPSA) is 83.6 Å². The van der Waals surface area contributed by atoms with Gasteiger partial charge in [-0.2, -0.15) is 4.31 Å². The quantitative estimate of drug-likeness (QED) is 0.491. The van der Waals surface area contributed by atoms with E-state index in [9.17, 15) is 18.0 Å². The number of benzene rings is 3. The highest BCUT2D eigenvalue weighted by molar-refractivity contribution is 7.89. The van der Waals surface area contributed by atoms with Crippen LogP contribution in [-0.4, -0.2) is 37.5 Å². The Hall–Kier alpha value is -3.00. The Morgan fingerprint density at radius 3 is 2.24 bits per heavy atom. The lowest BCUT2D eigenvalue weighted by atomic mass is 9.96. The number of piperidine rings is 1. The van der Waals surface area contributed by atoms with Crippen LogP contribution in [0.1, 0.15) is 34.3 Å². The van der Waals surface area contributed by atoms with E-state index in [1.54, 1.807) is 66.7 Å². The number of nitrogens with zero attached hydrogens (tertiary/aromatic N) is 1. The second-order valence-corrected chi connectivity index (χ2v) is 10.7. The standard InChI is InChI=1S/C26H25ClN2O4S/c1-18-7-10-22(11-8-18)34(32,33)29-15-13-20(14-16-29)26(31)28-24-12-9-21(27)17-23(24)25(30)19-5-3-2-4-6-19/h2-12,17,20H,13-16H2,1H3,(H,28,31). The average Bonchev–Trinajstić information content (AvgIpc) is 2.85. The monoisotopic (exact) mass is 496 g/mol. The molecule has 34 heavy (non-hydrogen) atoms. The van der Waals surface area contributed by atoms with Crippen LogP contribution in [0.25, 0.3) is 0 Å². The molecule has 1 heterocycles. The lowest BCUT2D eigenvalue weighted by Crippen LogP contribution is -2.41. The first kappa shape index (κ1) is 24.1. The predicted molar refractivity (Wildman–Crippen MR) is 133 cm³/mol. The highest BCUT2D eigenvalue weighted by atomic mass is 35.5. The van der Waals surface area contributed by atoms with Crippen LogP contribution in [0.15, 0.2) is 77.7 Å². The van der Waals surface area contributed by atoms with Gasteiger partial charge < -0.3 is 5.32 Å². The number of rotatable bonds is 6. The zero-order valence-corrected chi connectivity index (χ0v) is 20.3. The van der Waals surface area contributed by atoms with E-state index >= 15 is 0 Å². The first-order chi connectivity index (χ1) is 16.3. The molecule has 176 valence electrons. The van der Waals surface area contributed by atoms with E-state index in [0.717, 1.165) is 5.56 Å². The highest BCUT2D eigenvalue weighted by Crippen LogP contribution is 2.28. The summed E-state index contributed by atoms with van der Waals surface area (Å²) in [4.78, 5) is 26.3. The Balaban J connectivity index is 1.45. The number of halogens is 1. The number of sulfonamides is 1. The molecule has 4 rings (SSSR count). The number of ketones is 1. The molecule has 1 saturated heterocycles. The highest BCUT2D eigenvalue weighted by Gasteiger charge is 2.32. The molecule has 1 amide bonds. The summed E-state index contributed by atoms with van der Waals surface area (Å²) in [6.07, 6.45) is 0.791. The normalized spacial score (nSPS) is 15.1. The molecule has 1 N–H and O–H groups in total. The number of anilines is 1. The second-order valence-electron chi connectivity index (χ2n) is 8.37. The van der Waals surface area contributed by atoms with Crippen molar-refractivity contribution in [3.05, 3.63) is 94.5 Å². The Morgan fingerprint density at radius 2 is 1.59 bits per heavy atom. The summed E-state index contributed by atoms with van der Waals surface area (Å²) >= 11 is 6.12. The van der Waals surface area contributed by atoms with Gasteiger partial charge in [-0.15, -0.1) is 0 Å².